The number of nitrogens with one attached hydrogen (secondary N) is 3. The third-order valence-electron chi connectivity index (χ3n) is 1.51. The molecule has 0 fully saturated rings. The summed E-state index contributed by atoms with van der Waals surface area (Å²) in [4.78, 5) is 21.4. The molecule has 0 radical (unpaired) electrons. The molecule has 0 unspecified atom stereocenters. The zero-order valence-electron chi connectivity index (χ0n) is 7.69. The van der Waals surface area contributed by atoms with E-state index < -0.39 is 0 Å². The van der Waals surface area contributed by atoms with Crippen LogP contribution in [-0.4, -0.2) is 17.4 Å². The number of rotatable bonds is 3. The number of carbonyl (C=O) groups excluding carboxylic acids is 2. The molecule has 0 heterocycles. The van der Waals surface area contributed by atoms with Crippen molar-refractivity contribution in [1.29, 1.82) is 0 Å². The van der Waals surface area contributed by atoms with E-state index in [9.17, 15) is 9.59 Å². The highest BCUT2D eigenvalue weighted by Gasteiger charge is 2.05. The average Bonchev–Trinajstić information content (AvgIpc) is 2.27. The van der Waals surface area contributed by atoms with Gasteiger partial charge in [-0.3, -0.25) is 25.8 Å². The van der Waals surface area contributed by atoms with Crippen LogP contribution in [0.1, 0.15) is 10.4 Å². The lowest BCUT2D eigenvalue weighted by atomic mass is 10.2. The molecule has 78 valence electrons. The van der Waals surface area contributed by atoms with Gasteiger partial charge in [-0.1, -0.05) is 18.2 Å². The Morgan fingerprint density at radius 2 is 1.93 bits per heavy atom. The topological polar surface area (TPSA) is 70.2 Å². The van der Waals surface area contributed by atoms with Gasteiger partial charge in [0.25, 0.3) is 5.91 Å². The lowest BCUT2D eigenvalue weighted by molar-refractivity contribution is -0.110. The van der Waals surface area contributed by atoms with Gasteiger partial charge in [0.15, 0.2) is 5.11 Å². The van der Waals surface area contributed by atoms with Crippen molar-refractivity contribution in [2.45, 2.75) is 0 Å². The first-order chi connectivity index (χ1) is 7.24. The van der Waals surface area contributed by atoms with Gasteiger partial charge in [0.05, 0.1) is 0 Å². The monoisotopic (exact) mass is 223 g/mol. The molecule has 0 saturated heterocycles. The van der Waals surface area contributed by atoms with Gasteiger partial charge in [-0.05, 0) is 24.4 Å². The highest BCUT2D eigenvalue weighted by Crippen LogP contribution is 1.97. The Morgan fingerprint density at radius 1 is 1.27 bits per heavy atom. The fourth-order valence-electron chi connectivity index (χ4n) is 0.891. The van der Waals surface area contributed by atoms with Crippen molar-refractivity contribution in [1.82, 2.24) is 16.2 Å². The van der Waals surface area contributed by atoms with Gasteiger partial charge in [-0.2, -0.15) is 0 Å². The van der Waals surface area contributed by atoms with Gasteiger partial charge in [0.1, 0.15) is 0 Å². The minimum atomic E-state index is -0.333. The first-order valence-electron chi connectivity index (χ1n) is 4.09. The first-order valence-corrected chi connectivity index (χ1v) is 4.50. The Bertz CT molecular complexity index is 367. The van der Waals surface area contributed by atoms with E-state index in [1.54, 1.807) is 30.3 Å². The molecule has 2 amide bonds. The molecule has 0 aliphatic carbocycles. The van der Waals surface area contributed by atoms with Crippen molar-refractivity contribution >= 4 is 29.6 Å². The van der Waals surface area contributed by atoms with Crippen molar-refractivity contribution in [2.24, 2.45) is 0 Å². The average molecular weight is 223 g/mol. The van der Waals surface area contributed by atoms with Crippen LogP contribution in [-0.2, 0) is 4.79 Å². The minimum absolute atomic E-state index is 0.0379. The van der Waals surface area contributed by atoms with Crippen LogP contribution in [0.2, 0.25) is 0 Å². The first kappa shape index (κ1) is 11.1. The van der Waals surface area contributed by atoms with Gasteiger partial charge in [0.2, 0.25) is 6.41 Å². The van der Waals surface area contributed by atoms with E-state index in [2.05, 4.69) is 16.2 Å². The Labute approximate surface area is 91.8 Å². The molecule has 0 aliphatic heterocycles. The van der Waals surface area contributed by atoms with Gasteiger partial charge in [-0.25, -0.2) is 0 Å². The van der Waals surface area contributed by atoms with E-state index in [4.69, 9.17) is 12.2 Å². The fourth-order valence-corrected chi connectivity index (χ4v) is 1.04. The van der Waals surface area contributed by atoms with Crippen molar-refractivity contribution in [3.8, 4) is 0 Å². The maximum absolute atomic E-state index is 11.5. The zero-order valence-corrected chi connectivity index (χ0v) is 8.51. The third kappa shape index (κ3) is 3.74. The summed E-state index contributed by atoms with van der Waals surface area (Å²) >= 11 is 4.73. The minimum Gasteiger partial charge on any atom is -0.298 e. The Balaban J connectivity index is 2.49. The van der Waals surface area contributed by atoms with E-state index in [-0.39, 0.29) is 11.0 Å². The maximum Gasteiger partial charge on any atom is 0.257 e. The summed E-state index contributed by atoms with van der Waals surface area (Å²) in [6.07, 6.45) is 0.418. The fraction of sp³-hybridized carbons (Fsp3) is 0. The Hall–Kier alpha value is -1.95. The number of amides is 2. The third-order valence-corrected chi connectivity index (χ3v) is 1.71. The molecular formula is C9H9N3O2S. The summed E-state index contributed by atoms with van der Waals surface area (Å²) in [6.45, 7) is 0. The molecule has 0 bridgehead atoms. The number of benzene rings is 1. The van der Waals surface area contributed by atoms with E-state index in [0.717, 1.165) is 0 Å². The number of carbonyl (C=O) groups is 2. The molecule has 15 heavy (non-hydrogen) atoms. The lowest BCUT2D eigenvalue weighted by Gasteiger charge is -2.07. The van der Waals surface area contributed by atoms with Crippen LogP contribution in [0.25, 0.3) is 0 Å². The second-order valence-electron chi connectivity index (χ2n) is 2.54. The molecule has 6 heteroatoms. The summed E-state index contributed by atoms with van der Waals surface area (Å²) in [6, 6.07) is 8.61. The van der Waals surface area contributed by atoms with Crippen LogP contribution in [0.3, 0.4) is 0 Å². The van der Waals surface area contributed by atoms with Gasteiger partial charge in [-0.15, -0.1) is 0 Å². The summed E-state index contributed by atoms with van der Waals surface area (Å²) in [5.74, 6) is -0.333. The molecule has 1 aromatic carbocycles. The van der Waals surface area contributed by atoms with Crippen LogP contribution in [0, 0.1) is 0 Å². The molecule has 0 spiro atoms. The van der Waals surface area contributed by atoms with Crippen LogP contribution >= 0.6 is 12.2 Å². The van der Waals surface area contributed by atoms with Crippen LogP contribution in [0.15, 0.2) is 30.3 Å². The predicted molar refractivity (Wildman–Crippen MR) is 58.8 cm³/mol. The number of hydrogen-bond donors (Lipinski definition) is 3. The molecular weight excluding hydrogens is 214 g/mol. The highest BCUT2D eigenvalue weighted by molar-refractivity contribution is 7.80. The quantitative estimate of drug-likeness (QED) is 0.382. The molecule has 3 N–H and O–H groups in total. The smallest absolute Gasteiger partial charge is 0.257 e. The summed E-state index contributed by atoms with van der Waals surface area (Å²) < 4.78 is 0. The van der Waals surface area contributed by atoms with Gasteiger partial charge in [0, 0.05) is 5.56 Å². The number of hydrazine groups is 1. The maximum atomic E-state index is 11.5. The van der Waals surface area contributed by atoms with Crippen molar-refractivity contribution in [3.05, 3.63) is 35.9 Å². The summed E-state index contributed by atoms with van der Waals surface area (Å²) in [7, 11) is 0. The molecule has 0 atom stereocenters. The normalized spacial score (nSPS) is 8.80. The van der Waals surface area contributed by atoms with Gasteiger partial charge < -0.3 is 0 Å². The van der Waals surface area contributed by atoms with E-state index in [1.165, 1.54) is 0 Å². The summed E-state index contributed by atoms with van der Waals surface area (Å²) in [5, 5.41) is 2.43. The van der Waals surface area contributed by atoms with Crippen LogP contribution in [0.4, 0.5) is 0 Å². The summed E-state index contributed by atoms with van der Waals surface area (Å²) in [5.41, 5.74) is 4.93. The molecule has 0 saturated carbocycles. The predicted octanol–water partition coefficient (Wildman–Crippen LogP) is -0.0481. The van der Waals surface area contributed by atoms with Crippen molar-refractivity contribution in [3.63, 3.8) is 0 Å². The Kier molecular flexibility index (Phi) is 4.24. The second-order valence-corrected chi connectivity index (χ2v) is 2.94. The SMILES string of the molecule is O=CNNC(=S)NC(=O)c1ccccc1. The largest absolute Gasteiger partial charge is 0.298 e. The molecule has 0 aliphatic rings. The van der Waals surface area contributed by atoms with Gasteiger partial charge >= 0.3 is 0 Å². The van der Waals surface area contributed by atoms with Crippen LogP contribution < -0.4 is 16.2 Å². The van der Waals surface area contributed by atoms with Crippen molar-refractivity contribution in [2.75, 3.05) is 0 Å². The lowest BCUT2D eigenvalue weighted by Crippen LogP contribution is -2.45. The number of hydrogen-bond acceptors (Lipinski definition) is 3. The standard InChI is InChI=1S/C9H9N3O2S/c13-6-10-12-9(15)11-8(14)7-4-2-1-3-5-7/h1-6H,(H,10,13)(H2,11,12,14,15). The number of thiocarbonyl (C=S) groups is 1. The second kappa shape index (κ2) is 5.71. The highest BCUT2D eigenvalue weighted by atomic mass is 32.1. The van der Waals surface area contributed by atoms with E-state index >= 15 is 0 Å². The molecule has 5 nitrogen and oxygen atoms in total. The molecule has 0 aromatic heterocycles. The molecule has 1 rings (SSSR count). The molecule has 1 aromatic rings. The van der Waals surface area contributed by atoms with E-state index in [1.807, 2.05) is 0 Å². The Morgan fingerprint density at radius 3 is 2.53 bits per heavy atom. The van der Waals surface area contributed by atoms with E-state index in [0.29, 0.717) is 12.0 Å². The zero-order chi connectivity index (χ0) is 11.1. The van der Waals surface area contributed by atoms with Crippen molar-refractivity contribution < 1.29 is 9.59 Å². The van der Waals surface area contributed by atoms with Crippen LogP contribution in [0.5, 0.6) is 0 Å².